The molecule has 101 heavy (non-hydrogen) atoms. The first-order valence-corrected chi connectivity index (χ1v) is 45.4. The number of aliphatic hydroxyl groups is 1. The van der Waals surface area contributed by atoms with Crippen molar-refractivity contribution in [3.63, 3.8) is 0 Å². The van der Waals surface area contributed by atoms with Gasteiger partial charge in [0.25, 0.3) is 0 Å². The van der Waals surface area contributed by atoms with Gasteiger partial charge in [0, 0.05) is 25.7 Å². The summed E-state index contributed by atoms with van der Waals surface area (Å²) in [4.78, 5) is 73.0. The summed E-state index contributed by atoms with van der Waals surface area (Å²) in [6.07, 6.45) is 61.1. The zero-order chi connectivity index (χ0) is 74.4. The van der Waals surface area contributed by atoms with E-state index >= 15 is 0 Å². The van der Waals surface area contributed by atoms with E-state index in [-0.39, 0.29) is 25.7 Å². The third kappa shape index (κ3) is 73.4. The van der Waals surface area contributed by atoms with E-state index in [0.717, 1.165) is 114 Å². The van der Waals surface area contributed by atoms with Gasteiger partial charge in [-0.3, -0.25) is 37.3 Å². The van der Waals surface area contributed by atoms with E-state index in [2.05, 4.69) is 48.5 Å². The number of hydrogen-bond donors (Lipinski definition) is 3. The monoisotopic (exact) mass is 1480 g/mol. The fourth-order valence-corrected chi connectivity index (χ4v) is 14.2. The molecule has 7 atom stereocenters. The Kier molecular flexibility index (Phi) is 70.9. The molecule has 600 valence electrons. The Balaban J connectivity index is 5.21. The third-order valence-electron chi connectivity index (χ3n) is 19.9. The number of phosphoric ester groups is 2. The van der Waals surface area contributed by atoms with Crippen LogP contribution in [0.25, 0.3) is 0 Å². The molecule has 19 heteroatoms. The topological polar surface area (TPSA) is 237 Å². The van der Waals surface area contributed by atoms with Crippen molar-refractivity contribution in [3.05, 3.63) is 0 Å². The molecule has 0 saturated carbocycles. The minimum atomic E-state index is -4.96. The molecule has 0 saturated heterocycles. The molecule has 0 aromatic rings. The van der Waals surface area contributed by atoms with Crippen LogP contribution < -0.4 is 0 Å². The first-order valence-electron chi connectivity index (χ1n) is 42.4. The summed E-state index contributed by atoms with van der Waals surface area (Å²) in [5.41, 5.74) is 0. The molecule has 0 amide bonds. The summed E-state index contributed by atoms with van der Waals surface area (Å²) in [6.45, 7) is 12.0. The van der Waals surface area contributed by atoms with Gasteiger partial charge >= 0.3 is 39.5 Å². The second-order valence-electron chi connectivity index (χ2n) is 30.5. The van der Waals surface area contributed by atoms with Crippen molar-refractivity contribution in [2.24, 2.45) is 17.8 Å². The standard InChI is InChI=1S/C82H160O17P2/c1-8-11-12-13-14-15-16-31-37-42-51-58-65-81(86)99-78(70-93-80(85)64-57-50-45-44-48-55-62-75(7)10-3)72-97-101(90,91)95-68-76(83)67-94-100(88,89)96-71-77(69-92-79(84)63-56-49-41-36-32-27-24-23-25-29-34-39-46-53-60-73(4)5)98-82(87)66-59-52-43-38-33-28-22-20-18-17-19-21-26-30-35-40-47-54-61-74(6)9-2/h73-78,83H,8-72H2,1-7H3,(H,88,89)(H,90,91)/t74?,75?,76-,77-,78-/m1/s1. The zero-order valence-electron chi connectivity index (χ0n) is 66.4. The van der Waals surface area contributed by atoms with E-state index in [1.807, 2.05) is 0 Å². The fraction of sp³-hybridized carbons (Fsp3) is 0.951. The smallest absolute Gasteiger partial charge is 0.462 e. The van der Waals surface area contributed by atoms with E-state index in [1.165, 1.54) is 231 Å². The molecule has 4 unspecified atom stereocenters. The number of hydrogen-bond acceptors (Lipinski definition) is 15. The lowest BCUT2D eigenvalue weighted by Gasteiger charge is -2.21. The Morgan fingerprint density at radius 2 is 0.505 bits per heavy atom. The van der Waals surface area contributed by atoms with Crippen LogP contribution in [0.5, 0.6) is 0 Å². The summed E-state index contributed by atoms with van der Waals surface area (Å²) in [7, 11) is -9.92. The van der Waals surface area contributed by atoms with Crippen molar-refractivity contribution in [3.8, 4) is 0 Å². The van der Waals surface area contributed by atoms with Crippen LogP contribution in [-0.4, -0.2) is 96.7 Å². The van der Waals surface area contributed by atoms with Gasteiger partial charge in [-0.15, -0.1) is 0 Å². The van der Waals surface area contributed by atoms with E-state index < -0.39 is 97.5 Å². The van der Waals surface area contributed by atoms with E-state index in [4.69, 9.17) is 37.0 Å². The van der Waals surface area contributed by atoms with Gasteiger partial charge in [0.2, 0.25) is 0 Å². The number of unbranched alkanes of at least 4 members (excludes halogenated alkanes) is 46. The molecule has 0 rings (SSSR count). The molecule has 0 radical (unpaired) electrons. The molecule has 0 fully saturated rings. The average Bonchev–Trinajstić information content (AvgIpc) is 0.975. The Labute approximate surface area is 619 Å². The van der Waals surface area contributed by atoms with E-state index in [0.29, 0.717) is 25.7 Å². The van der Waals surface area contributed by atoms with Crippen LogP contribution in [-0.2, 0) is 65.4 Å². The van der Waals surface area contributed by atoms with Crippen molar-refractivity contribution in [1.82, 2.24) is 0 Å². The first kappa shape index (κ1) is 99.1. The third-order valence-corrected chi connectivity index (χ3v) is 21.8. The van der Waals surface area contributed by atoms with Gasteiger partial charge in [0.15, 0.2) is 12.2 Å². The Morgan fingerprint density at radius 3 is 0.752 bits per heavy atom. The van der Waals surface area contributed by atoms with Gasteiger partial charge in [0.05, 0.1) is 26.4 Å². The molecule has 0 aliphatic heterocycles. The van der Waals surface area contributed by atoms with Crippen molar-refractivity contribution in [2.75, 3.05) is 39.6 Å². The Bertz CT molecular complexity index is 1960. The van der Waals surface area contributed by atoms with Crippen LogP contribution in [0, 0.1) is 17.8 Å². The Morgan fingerprint density at radius 1 is 0.287 bits per heavy atom. The number of phosphoric acid groups is 2. The van der Waals surface area contributed by atoms with Crippen LogP contribution in [0.15, 0.2) is 0 Å². The molecular formula is C82H160O17P2. The lowest BCUT2D eigenvalue weighted by atomic mass is 9.99. The minimum absolute atomic E-state index is 0.106. The number of aliphatic hydroxyl groups excluding tert-OH is 1. The van der Waals surface area contributed by atoms with Crippen molar-refractivity contribution < 1.29 is 80.2 Å². The normalized spacial score (nSPS) is 14.5. The summed E-state index contributed by atoms with van der Waals surface area (Å²) in [6, 6.07) is 0. The maximum absolute atomic E-state index is 13.1. The summed E-state index contributed by atoms with van der Waals surface area (Å²) in [5, 5.41) is 10.6. The lowest BCUT2D eigenvalue weighted by molar-refractivity contribution is -0.161. The first-order chi connectivity index (χ1) is 48.8. The fourth-order valence-electron chi connectivity index (χ4n) is 12.6. The highest BCUT2D eigenvalue weighted by molar-refractivity contribution is 7.47. The minimum Gasteiger partial charge on any atom is -0.462 e. The molecular weight excluding hydrogens is 1320 g/mol. The van der Waals surface area contributed by atoms with Gasteiger partial charge in [0.1, 0.15) is 19.3 Å². The van der Waals surface area contributed by atoms with Gasteiger partial charge in [-0.05, 0) is 43.4 Å². The number of carbonyl (C=O) groups excluding carboxylic acids is 4. The van der Waals surface area contributed by atoms with Gasteiger partial charge in [-0.2, -0.15) is 0 Å². The van der Waals surface area contributed by atoms with Crippen molar-refractivity contribution in [2.45, 2.75) is 446 Å². The molecule has 0 aromatic carbocycles. The predicted molar refractivity (Wildman–Crippen MR) is 414 cm³/mol. The molecule has 3 N–H and O–H groups in total. The highest BCUT2D eigenvalue weighted by atomic mass is 31.2. The van der Waals surface area contributed by atoms with E-state index in [1.54, 1.807) is 0 Å². The van der Waals surface area contributed by atoms with Gasteiger partial charge in [-0.25, -0.2) is 9.13 Å². The summed E-state index contributed by atoms with van der Waals surface area (Å²) >= 11 is 0. The number of esters is 4. The average molecular weight is 1480 g/mol. The molecule has 0 spiro atoms. The predicted octanol–water partition coefficient (Wildman–Crippen LogP) is 24.5. The van der Waals surface area contributed by atoms with Crippen molar-refractivity contribution in [1.29, 1.82) is 0 Å². The molecule has 0 bridgehead atoms. The highest BCUT2D eigenvalue weighted by Crippen LogP contribution is 2.45. The zero-order valence-corrected chi connectivity index (χ0v) is 68.2. The SMILES string of the molecule is CCCCCCCCCCCCCCC(=O)O[C@H](COC(=O)CCCCCCCCC(C)CC)COP(=O)(O)OC[C@H](O)COP(=O)(O)OC[C@@H](COC(=O)CCCCCCCCCCCCCCCCC(C)C)OC(=O)CCCCCCCCCCCCCCCCCCCCC(C)CC. The van der Waals surface area contributed by atoms with Gasteiger partial charge in [-0.1, -0.05) is 376 Å². The molecule has 0 aromatic heterocycles. The molecule has 0 heterocycles. The second kappa shape index (κ2) is 72.3. The quantitative estimate of drug-likeness (QED) is 0.0222. The molecule has 0 aliphatic carbocycles. The number of ether oxygens (including phenoxy) is 4. The Hall–Kier alpha value is -1.94. The summed E-state index contributed by atoms with van der Waals surface area (Å²) in [5.74, 6) is 0.291. The second-order valence-corrected chi connectivity index (χ2v) is 33.4. The van der Waals surface area contributed by atoms with Crippen LogP contribution >= 0.6 is 15.6 Å². The van der Waals surface area contributed by atoms with Crippen LogP contribution in [0.1, 0.15) is 427 Å². The van der Waals surface area contributed by atoms with Gasteiger partial charge < -0.3 is 33.8 Å². The van der Waals surface area contributed by atoms with Crippen LogP contribution in [0.4, 0.5) is 0 Å². The van der Waals surface area contributed by atoms with Crippen LogP contribution in [0.2, 0.25) is 0 Å². The van der Waals surface area contributed by atoms with Crippen LogP contribution in [0.3, 0.4) is 0 Å². The number of rotatable bonds is 80. The van der Waals surface area contributed by atoms with E-state index in [9.17, 15) is 43.2 Å². The number of carbonyl (C=O) groups is 4. The maximum atomic E-state index is 13.1. The lowest BCUT2D eigenvalue weighted by Crippen LogP contribution is -2.30. The highest BCUT2D eigenvalue weighted by Gasteiger charge is 2.30. The maximum Gasteiger partial charge on any atom is 0.472 e. The largest absolute Gasteiger partial charge is 0.472 e. The summed E-state index contributed by atoms with van der Waals surface area (Å²) < 4.78 is 68.7. The molecule has 17 nitrogen and oxygen atoms in total. The van der Waals surface area contributed by atoms with Crippen molar-refractivity contribution >= 4 is 39.5 Å². The molecule has 0 aliphatic rings.